The van der Waals surface area contributed by atoms with E-state index >= 15 is 0 Å². The van der Waals surface area contributed by atoms with Gasteiger partial charge in [-0.1, -0.05) is 6.07 Å². The standard InChI is InChI=1S/C10H8F6O/c1-5-2-6(4-17)8(10(14,15)16)3-7(5)9(11,12)13/h2-3,17H,4H2,1H3. The summed E-state index contributed by atoms with van der Waals surface area (Å²) in [6, 6.07) is 0.729. The van der Waals surface area contributed by atoms with Gasteiger partial charge in [-0.05, 0) is 24.1 Å². The summed E-state index contributed by atoms with van der Waals surface area (Å²) in [5.74, 6) is 0. The highest BCUT2D eigenvalue weighted by atomic mass is 19.4. The lowest BCUT2D eigenvalue weighted by atomic mass is 9.98. The lowest BCUT2D eigenvalue weighted by Crippen LogP contribution is -2.15. The van der Waals surface area contributed by atoms with Crippen molar-refractivity contribution in [2.75, 3.05) is 0 Å². The SMILES string of the molecule is Cc1cc(CO)c(C(F)(F)F)cc1C(F)(F)F. The van der Waals surface area contributed by atoms with Crippen LogP contribution in [-0.4, -0.2) is 5.11 Å². The van der Waals surface area contributed by atoms with Gasteiger partial charge in [0.2, 0.25) is 0 Å². The van der Waals surface area contributed by atoms with Crippen LogP contribution in [0.25, 0.3) is 0 Å². The van der Waals surface area contributed by atoms with Crippen molar-refractivity contribution >= 4 is 0 Å². The summed E-state index contributed by atoms with van der Waals surface area (Å²) in [7, 11) is 0. The molecule has 1 aromatic carbocycles. The van der Waals surface area contributed by atoms with E-state index in [0.717, 1.165) is 6.92 Å². The van der Waals surface area contributed by atoms with E-state index in [1.54, 1.807) is 0 Å². The first-order valence-electron chi connectivity index (χ1n) is 4.46. The summed E-state index contributed by atoms with van der Waals surface area (Å²) in [5.41, 5.74) is -3.72. The van der Waals surface area contributed by atoms with Crippen LogP contribution in [0, 0.1) is 6.92 Å². The molecule has 1 N–H and O–H groups in total. The molecular formula is C10H8F6O. The van der Waals surface area contributed by atoms with Crippen molar-refractivity contribution in [1.82, 2.24) is 0 Å². The number of rotatable bonds is 1. The minimum Gasteiger partial charge on any atom is -0.392 e. The van der Waals surface area contributed by atoms with Crippen LogP contribution in [0.1, 0.15) is 22.3 Å². The molecule has 0 saturated heterocycles. The zero-order valence-corrected chi connectivity index (χ0v) is 8.58. The van der Waals surface area contributed by atoms with Gasteiger partial charge >= 0.3 is 12.4 Å². The second-order valence-electron chi connectivity index (χ2n) is 3.48. The van der Waals surface area contributed by atoms with Crippen molar-refractivity contribution in [1.29, 1.82) is 0 Å². The molecule has 1 rings (SSSR count). The molecule has 0 bridgehead atoms. The molecule has 0 atom stereocenters. The highest BCUT2D eigenvalue weighted by Crippen LogP contribution is 2.39. The number of hydrogen-bond acceptors (Lipinski definition) is 1. The predicted molar refractivity (Wildman–Crippen MR) is 47.1 cm³/mol. The van der Waals surface area contributed by atoms with Gasteiger partial charge in [0.25, 0.3) is 0 Å². The van der Waals surface area contributed by atoms with Crippen LogP contribution in [0.3, 0.4) is 0 Å². The zero-order valence-electron chi connectivity index (χ0n) is 8.58. The summed E-state index contributed by atoms with van der Waals surface area (Å²) >= 11 is 0. The Morgan fingerprint density at radius 2 is 1.41 bits per heavy atom. The minimum absolute atomic E-state index is 0.0287. The number of aliphatic hydroxyl groups excluding tert-OH is 1. The smallest absolute Gasteiger partial charge is 0.392 e. The maximum absolute atomic E-state index is 12.5. The number of halogens is 6. The van der Waals surface area contributed by atoms with Gasteiger partial charge in [0.1, 0.15) is 0 Å². The Morgan fingerprint density at radius 1 is 0.941 bits per heavy atom. The number of alkyl halides is 6. The van der Waals surface area contributed by atoms with E-state index in [-0.39, 0.29) is 11.6 Å². The van der Waals surface area contributed by atoms with E-state index in [9.17, 15) is 26.3 Å². The van der Waals surface area contributed by atoms with Gasteiger partial charge in [-0.3, -0.25) is 0 Å². The van der Waals surface area contributed by atoms with Crippen molar-refractivity contribution in [3.8, 4) is 0 Å². The van der Waals surface area contributed by atoms with Gasteiger partial charge < -0.3 is 5.11 Å². The molecule has 7 heteroatoms. The molecule has 96 valence electrons. The molecule has 0 spiro atoms. The Hall–Kier alpha value is -1.24. The maximum Gasteiger partial charge on any atom is 0.416 e. The normalized spacial score (nSPS) is 12.9. The van der Waals surface area contributed by atoms with Crippen molar-refractivity contribution in [3.05, 3.63) is 34.4 Å². The molecule has 0 aliphatic heterocycles. The Bertz CT molecular complexity index is 418. The van der Waals surface area contributed by atoms with Crippen LogP contribution in [0.5, 0.6) is 0 Å². The Kier molecular flexibility index (Phi) is 3.42. The van der Waals surface area contributed by atoms with Crippen LogP contribution >= 0.6 is 0 Å². The highest BCUT2D eigenvalue weighted by Gasteiger charge is 2.39. The average molecular weight is 258 g/mol. The first kappa shape index (κ1) is 13.8. The van der Waals surface area contributed by atoms with Gasteiger partial charge in [-0.15, -0.1) is 0 Å². The summed E-state index contributed by atoms with van der Waals surface area (Å²) < 4.78 is 74.6. The van der Waals surface area contributed by atoms with Crippen LogP contribution < -0.4 is 0 Å². The van der Waals surface area contributed by atoms with Crippen LogP contribution in [0.2, 0.25) is 0 Å². The van der Waals surface area contributed by atoms with Gasteiger partial charge in [-0.2, -0.15) is 26.3 Å². The van der Waals surface area contributed by atoms with Crippen LogP contribution in [-0.2, 0) is 19.0 Å². The monoisotopic (exact) mass is 258 g/mol. The molecule has 1 nitrogen and oxygen atoms in total. The number of aliphatic hydroxyl groups is 1. The molecule has 0 unspecified atom stereocenters. The average Bonchev–Trinajstić information content (AvgIpc) is 2.13. The summed E-state index contributed by atoms with van der Waals surface area (Å²) in [5, 5.41) is 8.72. The van der Waals surface area contributed by atoms with Crippen molar-refractivity contribution in [3.63, 3.8) is 0 Å². The lowest BCUT2D eigenvalue weighted by Gasteiger charge is -2.17. The van der Waals surface area contributed by atoms with Crippen molar-refractivity contribution < 1.29 is 31.4 Å². The quantitative estimate of drug-likeness (QED) is 0.764. The molecule has 0 aliphatic carbocycles. The molecule has 0 saturated carbocycles. The maximum atomic E-state index is 12.5. The Balaban J connectivity index is 3.49. The van der Waals surface area contributed by atoms with Gasteiger partial charge in [-0.25, -0.2) is 0 Å². The van der Waals surface area contributed by atoms with Gasteiger partial charge in [0.15, 0.2) is 0 Å². The lowest BCUT2D eigenvalue weighted by molar-refractivity contribution is -0.144. The van der Waals surface area contributed by atoms with E-state index < -0.39 is 35.6 Å². The topological polar surface area (TPSA) is 20.2 Å². The van der Waals surface area contributed by atoms with E-state index in [1.807, 2.05) is 0 Å². The fourth-order valence-corrected chi connectivity index (χ4v) is 1.47. The molecule has 1 aromatic rings. The first-order chi connectivity index (χ1) is 7.57. The molecule has 0 aliphatic rings. The molecule has 0 amide bonds. The van der Waals surface area contributed by atoms with E-state index in [1.165, 1.54) is 0 Å². The predicted octanol–water partition coefficient (Wildman–Crippen LogP) is 3.52. The van der Waals surface area contributed by atoms with E-state index in [0.29, 0.717) is 6.07 Å². The van der Waals surface area contributed by atoms with Gasteiger partial charge in [0, 0.05) is 0 Å². The largest absolute Gasteiger partial charge is 0.416 e. The molecule has 0 radical (unpaired) electrons. The van der Waals surface area contributed by atoms with Crippen LogP contribution in [0.15, 0.2) is 12.1 Å². The van der Waals surface area contributed by atoms with Gasteiger partial charge in [0.05, 0.1) is 17.7 Å². The number of benzene rings is 1. The third-order valence-corrected chi connectivity index (χ3v) is 2.23. The second kappa shape index (κ2) is 4.21. The van der Waals surface area contributed by atoms with E-state index in [4.69, 9.17) is 5.11 Å². The minimum atomic E-state index is -4.92. The van der Waals surface area contributed by atoms with E-state index in [2.05, 4.69) is 0 Å². The zero-order chi connectivity index (χ0) is 13.4. The Morgan fingerprint density at radius 3 is 1.76 bits per heavy atom. The third kappa shape index (κ3) is 2.91. The molecule has 0 aromatic heterocycles. The Labute approximate surface area is 92.7 Å². The fourth-order valence-electron chi connectivity index (χ4n) is 1.47. The number of aryl methyl sites for hydroxylation is 1. The summed E-state index contributed by atoms with van der Waals surface area (Å²) in [6.45, 7) is 0.0793. The molecule has 17 heavy (non-hydrogen) atoms. The van der Waals surface area contributed by atoms with Crippen LogP contribution in [0.4, 0.5) is 26.3 Å². The third-order valence-electron chi connectivity index (χ3n) is 2.23. The first-order valence-corrected chi connectivity index (χ1v) is 4.46. The summed E-state index contributed by atoms with van der Waals surface area (Å²) in [6.07, 6.45) is -9.77. The molecule has 0 fully saturated rings. The summed E-state index contributed by atoms with van der Waals surface area (Å²) in [4.78, 5) is 0. The molecule has 0 heterocycles. The second-order valence-corrected chi connectivity index (χ2v) is 3.48. The highest BCUT2D eigenvalue weighted by molar-refractivity contribution is 5.40. The molecular weight excluding hydrogens is 250 g/mol. The number of hydrogen-bond donors (Lipinski definition) is 1. The fraction of sp³-hybridized carbons (Fsp3) is 0.400. The van der Waals surface area contributed by atoms with Crippen molar-refractivity contribution in [2.45, 2.75) is 25.9 Å². The van der Waals surface area contributed by atoms with Crippen molar-refractivity contribution in [2.24, 2.45) is 0 Å².